The highest BCUT2D eigenvalue weighted by molar-refractivity contribution is 9.10. The van der Waals surface area contributed by atoms with Gasteiger partial charge in [0.05, 0.1) is 15.7 Å². The van der Waals surface area contributed by atoms with Crippen LogP contribution in [0.1, 0.15) is 10.6 Å². The molecule has 3 aromatic carbocycles. The van der Waals surface area contributed by atoms with Crippen LogP contribution in [0.4, 0.5) is 5.69 Å². The van der Waals surface area contributed by atoms with Gasteiger partial charge in [0.25, 0.3) is 5.91 Å². The van der Waals surface area contributed by atoms with E-state index in [0.29, 0.717) is 27.2 Å². The molecular weight excluding hydrogens is 555 g/mol. The zero-order valence-corrected chi connectivity index (χ0v) is 19.8. The summed E-state index contributed by atoms with van der Waals surface area (Å²) in [7, 11) is 0. The predicted molar refractivity (Wildman–Crippen MR) is 127 cm³/mol. The van der Waals surface area contributed by atoms with Gasteiger partial charge >= 0.3 is 0 Å². The lowest BCUT2D eigenvalue weighted by molar-refractivity contribution is 0.101. The minimum Gasteiger partial charge on any atom is -0.319 e. The number of amides is 1. The maximum absolute atomic E-state index is 12.8. The standard InChI is InChI=1S/C21H12Br2Cl2N4O/c22-13-6-4-12(5-7-13)20-27-19(21(30)26-15-3-1-2-14(23)10-15)28-29(20)16-8-9-17(24)18(25)11-16/h1-11H,(H,26,30). The van der Waals surface area contributed by atoms with Gasteiger partial charge in [-0.2, -0.15) is 0 Å². The number of nitrogens with one attached hydrogen (secondary N) is 1. The van der Waals surface area contributed by atoms with Crippen LogP contribution in [0.2, 0.25) is 10.0 Å². The number of carbonyl (C=O) groups is 1. The summed E-state index contributed by atoms with van der Waals surface area (Å²) in [4.78, 5) is 17.3. The lowest BCUT2D eigenvalue weighted by Crippen LogP contribution is -2.14. The van der Waals surface area contributed by atoms with Crippen molar-refractivity contribution in [1.82, 2.24) is 14.8 Å². The summed E-state index contributed by atoms with van der Waals surface area (Å²) in [6.07, 6.45) is 0. The second kappa shape index (κ2) is 8.89. The molecule has 0 unspecified atom stereocenters. The molecule has 5 nitrogen and oxygen atoms in total. The smallest absolute Gasteiger partial charge is 0.295 e. The van der Waals surface area contributed by atoms with E-state index in [1.54, 1.807) is 35.0 Å². The Hall–Kier alpha value is -2.19. The molecule has 4 rings (SSSR count). The number of benzene rings is 3. The third-order valence-electron chi connectivity index (χ3n) is 4.14. The normalized spacial score (nSPS) is 10.8. The molecule has 0 aliphatic rings. The van der Waals surface area contributed by atoms with E-state index in [1.807, 2.05) is 36.4 Å². The van der Waals surface area contributed by atoms with Crippen LogP contribution < -0.4 is 5.32 Å². The van der Waals surface area contributed by atoms with Crippen molar-refractivity contribution in [3.63, 3.8) is 0 Å². The summed E-state index contributed by atoms with van der Waals surface area (Å²) in [5.74, 6) is 0.101. The number of nitrogens with zero attached hydrogens (tertiary/aromatic N) is 3. The number of hydrogen-bond acceptors (Lipinski definition) is 3. The van der Waals surface area contributed by atoms with Gasteiger partial charge in [0.15, 0.2) is 5.82 Å². The van der Waals surface area contributed by atoms with Gasteiger partial charge < -0.3 is 5.32 Å². The Labute approximate surface area is 199 Å². The Kier molecular flexibility index (Phi) is 6.24. The molecule has 1 amide bonds. The van der Waals surface area contributed by atoms with E-state index in [1.165, 1.54) is 0 Å². The van der Waals surface area contributed by atoms with E-state index in [-0.39, 0.29) is 5.82 Å². The molecule has 1 heterocycles. The fourth-order valence-electron chi connectivity index (χ4n) is 2.74. The summed E-state index contributed by atoms with van der Waals surface area (Å²) >= 11 is 19.1. The van der Waals surface area contributed by atoms with E-state index in [9.17, 15) is 4.79 Å². The van der Waals surface area contributed by atoms with Gasteiger partial charge in [-0.25, -0.2) is 9.67 Å². The molecule has 0 spiro atoms. The van der Waals surface area contributed by atoms with Gasteiger partial charge in [0.2, 0.25) is 5.82 Å². The zero-order valence-electron chi connectivity index (χ0n) is 15.1. The zero-order chi connectivity index (χ0) is 21.3. The molecule has 30 heavy (non-hydrogen) atoms. The van der Waals surface area contributed by atoms with E-state index in [4.69, 9.17) is 23.2 Å². The predicted octanol–water partition coefficient (Wildman–Crippen LogP) is 7.02. The van der Waals surface area contributed by atoms with E-state index in [2.05, 4.69) is 47.3 Å². The minimum absolute atomic E-state index is 0.0268. The van der Waals surface area contributed by atoms with Gasteiger partial charge in [0, 0.05) is 20.2 Å². The Balaban J connectivity index is 1.77. The average molecular weight is 567 g/mol. The minimum atomic E-state index is -0.426. The number of halogens is 4. The van der Waals surface area contributed by atoms with E-state index < -0.39 is 5.91 Å². The van der Waals surface area contributed by atoms with Crippen LogP contribution in [-0.2, 0) is 0 Å². The Morgan fingerprint density at radius 2 is 1.67 bits per heavy atom. The second-order valence-electron chi connectivity index (χ2n) is 6.24. The van der Waals surface area contributed by atoms with Crippen molar-refractivity contribution in [2.24, 2.45) is 0 Å². The monoisotopic (exact) mass is 564 g/mol. The highest BCUT2D eigenvalue weighted by Crippen LogP contribution is 2.28. The molecule has 1 aromatic heterocycles. The van der Waals surface area contributed by atoms with Crippen LogP contribution >= 0.6 is 55.1 Å². The SMILES string of the molecule is O=C(Nc1cccc(Br)c1)c1nc(-c2ccc(Br)cc2)n(-c2ccc(Cl)c(Cl)c2)n1. The van der Waals surface area contributed by atoms with Crippen molar-refractivity contribution < 1.29 is 4.79 Å². The summed E-state index contributed by atoms with van der Waals surface area (Å²) in [5.41, 5.74) is 2.06. The van der Waals surface area contributed by atoms with Crippen LogP contribution in [-0.4, -0.2) is 20.7 Å². The van der Waals surface area contributed by atoms with Gasteiger partial charge in [-0.3, -0.25) is 4.79 Å². The van der Waals surface area contributed by atoms with Crippen LogP contribution in [0.5, 0.6) is 0 Å². The maximum Gasteiger partial charge on any atom is 0.295 e. The first kappa shape index (κ1) is 21.1. The van der Waals surface area contributed by atoms with Gasteiger partial charge in [-0.15, -0.1) is 5.10 Å². The van der Waals surface area contributed by atoms with E-state index >= 15 is 0 Å². The van der Waals surface area contributed by atoms with Crippen LogP contribution in [0.15, 0.2) is 75.7 Å². The molecule has 0 bridgehead atoms. The number of hydrogen-bond donors (Lipinski definition) is 1. The molecule has 0 aliphatic heterocycles. The molecule has 0 radical (unpaired) electrons. The van der Waals surface area contributed by atoms with E-state index in [0.717, 1.165) is 14.5 Å². The number of rotatable bonds is 4. The Morgan fingerprint density at radius 3 is 2.37 bits per heavy atom. The molecular formula is C21H12Br2Cl2N4O. The van der Waals surface area contributed by atoms with Gasteiger partial charge in [-0.1, -0.05) is 73.3 Å². The summed E-state index contributed by atoms with van der Waals surface area (Å²) in [5, 5.41) is 8.06. The number of anilines is 1. The van der Waals surface area contributed by atoms with Gasteiger partial charge in [-0.05, 0) is 48.5 Å². The molecule has 9 heteroatoms. The fourth-order valence-corrected chi connectivity index (χ4v) is 3.70. The Morgan fingerprint density at radius 1 is 0.900 bits per heavy atom. The molecule has 0 saturated carbocycles. The van der Waals surface area contributed by atoms with Crippen LogP contribution in [0.3, 0.4) is 0 Å². The molecule has 0 atom stereocenters. The van der Waals surface area contributed by atoms with Crippen molar-refractivity contribution >= 4 is 66.7 Å². The van der Waals surface area contributed by atoms with Crippen molar-refractivity contribution in [3.8, 4) is 17.1 Å². The van der Waals surface area contributed by atoms with Crippen LogP contribution in [0, 0.1) is 0 Å². The van der Waals surface area contributed by atoms with Crippen molar-refractivity contribution in [2.75, 3.05) is 5.32 Å². The highest BCUT2D eigenvalue weighted by atomic mass is 79.9. The number of carbonyl (C=O) groups excluding carboxylic acids is 1. The fraction of sp³-hybridized carbons (Fsp3) is 0. The lowest BCUT2D eigenvalue weighted by Gasteiger charge is -2.07. The molecule has 1 N–H and O–H groups in total. The topological polar surface area (TPSA) is 59.8 Å². The summed E-state index contributed by atoms with van der Waals surface area (Å²) in [6.45, 7) is 0. The number of aromatic nitrogens is 3. The second-order valence-corrected chi connectivity index (χ2v) is 8.89. The van der Waals surface area contributed by atoms with Crippen molar-refractivity contribution in [1.29, 1.82) is 0 Å². The lowest BCUT2D eigenvalue weighted by atomic mass is 10.2. The summed E-state index contributed by atoms with van der Waals surface area (Å²) in [6, 6.07) is 20.0. The van der Waals surface area contributed by atoms with Crippen molar-refractivity contribution in [2.45, 2.75) is 0 Å². The van der Waals surface area contributed by atoms with Gasteiger partial charge in [0.1, 0.15) is 0 Å². The third kappa shape index (κ3) is 4.59. The molecule has 4 aromatic rings. The summed E-state index contributed by atoms with van der Waals surface area (Å²) < 4.78 is 3.35. The van der Waals surface area contributed by atoms with Crippen molar-refractivity contribution in [3.05, 3.63) is 91.5 Å². The first-order valence-corrected chi connectivity index (χ1v) is 11.0. The molecule has 0 fully saturated rings. The first-order chi connectivity index (χ1) is 14.4. The quantitative estimate of drug-likeness (QED) is 0.289. The largest absolute Gasteiger partial charge is 0.319 e. The molecule has 150 valence electrons. The first-order valence-electron chi connectivity index (χ1n) is 8.66. The molecule has 0 saturated heterocycles. The third-order valence-corrected chi connectivity index (χ3v) is 5.90. The Bertz CT molecular complexity index is 1240. The van der Waals surface area contributed by atoms with Crippen LogP contribution in [0.25, 0.3) is 17.1 Å². The molecule has 0 aliphatic carbocycles. The average Bonchev–Trinajstić information content (AvgIpc) is 3.16. The maximum atomic E-state index is 12.8. The highest BCUT2D eigenvalue weighted by Gasteiger charge is 2.19.